The number of hydrogen-bond donors (Lipinski definition) is 1. The molecule has 1 rings (SSSR count). The van der Waals surface area contributed by atoms with Crippen LogP contribution in [0.15, 0.2) is 0 Å². The Bertz CT molecular complexity index is 177. The highest BCUT2D eigenvalue weighted by Crippen LogP contribution is 2.05. The van der Waals surface area contributed by atoms with Gasteiger partial charge in [0.05, 0.1) is 13.3 Å². The van der Waals surface area contributed by atoms with Gasteiger partial charge in [-0.15, -0.1) is 0 Å². The van der Waals surface area contributed by atoms with E-state index < -0.39 is 12.1 Å². The van der Waals surface area contributed by atoms with Crippen molar-refractivity contribution in [1.82, 2.24) is 4.90 Å². The molecule has 1 fully saturated rings. The lowest BCUT2D eigenvalue weighted by molar-refractivity contribution is -0.156. The van der Waals surface area contributed by atoms with E-state index >= 15 is 0 Å². The monoisotopic (exact) mass is 191 g/mol. The molecule has 76 valence electrons. The lowest BCUT2D eigenvalue weighted by Gasteiger charge is -2.30. The van der Waals surface area contributed by atoms with Crippen molar-refractivity contribution in [3.63, 3.8) is 0 Å². The molecule has 0 amide bonds. The summed E-state index contributed by atoms with van der Waals surface area (Å²) in [7, 11) is 0. The molecule has 1 heterocycles. The Kier molecular flexibility index (Phi) is 4.11. The fraction of sp³-hybridized carbons (Fsp3) is 0.875. The highest BCUT2D eigenvalue weighted by atomic mass is 19.1. The predicted molar refractivity (Wildman–Crippen MR) is 44.4 cm³/mol. The highest BCUT2D eigenvalue weighted by Gasteiger charge is 2.25. The van der Waals surface area contributed by atoms with Crippen molar-refractivity contribution >= 4 is 5.97 Å². The van der Waals surface area contributed by atoms with Crippen molar-refractivity contribution < 1.29 is 19.0 Å². The fourth-order valence-electron chi connectivity index (χ4n) is 1.34. The fourth-order valence-corrected chi connectivity index (χ4v) is 1.34. The molecule has 0 aromatic heterocycles. The van der Waals surface area contributed by atoms with Crippen LogP contribution in [-0.4, -0.2) is 55.0 Å². The Balaban J connectivity index is 2.29. The van der Waals surface area contributed by atoms with Gasteiger partial charge >= 0.3 is 5.97 Å². The van der Waals surface area contributed by atoms with Crippen molar-refractivity contribution in [2.75, 3.05) is 32.9 Å². The van der Waals surface area contributed by atoms with Gasteiger partial charge in [-0.1, -0.05) is 0 Å². The number of halogens is 1. The van der Waals surface area contributed by atoms with Gasteiger partial charge in [0.15, 0.2) is 6.10 Å². The Morgan fingerprint density at radius 3 is 3.08 bits per heavy atom. The third kappa shape index (κ3) is 3.28. The Hall–Kier alpha value is -0.680. The third-order valence-corrected chi connectivity index (χ3v) is 2.03. The van der Waals surface area contributed by atoms with Crippen LogP contribution >= 0.6 is 0 Å². The molecule has 0 aromatic carbocycles. The summed E-state index contributed by atoms with van der Waals surface area (Å²) in [6.07, 6.45) is -0.278. The molecule has 13 heavy (non-hydrogen) atoms. The molecule has 0 aliphatic carbocycles. The molecule has 1 atom stereocenters. The van der Waals surface area contributed by atoms with Gasteiger partial charge in [-0.25, -0.2) is 4.79 Å². The number of morpholine rings is 1. The Morgan fingerprint density at radius 1 is 1.69 bits per heavy atom. The molecule has 1 aliphatic heterocycles. The zero-order valence-electron chi connectivity index (χ0n) is 7.41. The number of rotatable bonds is 4. The summed E-state index contributed by atoms with van der Waals surface area (Å²) < 4.78 is 16.8. The summed E-state index contributed by atoms with van der Waals surface area (Å²) in [5.41, 5.74) is 0. The van der Waals surface area contributed by atoms with E-state index in [1.54, 1.807) is 0 Å². The molecule has 0 saturated carbocycles. The standard InChI is InChI=1S/C8H14FNO3/c9-2-1-3-10-4-5-13-7(6-10)8(11)12/h7H,1-6H2,(H,11,12). The van der Waals surface area contributed by atoms with E-state index in [2.05, 4.69) is 0 Å². The van der Waals surface area contributed by atoms with Crippen molar-refractivity contribution in [3.05, 3.63) is 0 Å². The molecule has 1 N–H and O–H groups in total. The normalized spacial score (nSPS) is 24.5. The topological polar surface area (TPSA) is 49.8 Å². The van der Waals surface area contributed by atoms with Crippen LogP contribution in [0.3, 0.4) is 0 Å². The van der Waals surface area contributed by atoms with Gasteiger partial charge in [0, 0.05) is 19.6 Å². The molecular formula is C8H14FNO3. The van der Waals surface area contributed by atoms with Gasteiger partial charge in [-0.3, -0.25) is 9.29 Å². The number of nitrogens with zero attached hydrogens (tertiary/aromatic N) is 1. The number of carboxylic acids is 1. The van der Waals surface area contributed by atoms with E-state index in [4.69, 9.17) is 9.84 Å². The van der Waals surface area contributed by atoms with Crippen LogP contribution in [0.2, 0.25) is 0 Å². The smallest absolute Gasteiger partial charge is 0.334 e. The number of aliphatic carboxylic acids is 1. The second-order valence-electron chi connectivity index (χ2n) is 3.04. The minimum Gasteiger partial charge on any atom is -0.479 e. The molecule has 0 spiro atoms. The minimum absolute atomic E-state index is 0.352. The van der Waals surface area contributed by atoms with Crippen LogP contribution in [0, 0.1) is 0 Å². The van der Waals surface area contributed by atoms with Gasteiger partial charge in [-0.2, -0.15) is 0 Å². The predicted octanol–water partition coefficient (Wildman–Crippen LogP) is 0.131. The maximum Gasteiger partial charge on any atom is 0.334 e. The quantitative estimate of drug-likeness (QED) is 0.686. The first kappa shape index (κ1) is 10.4. The first-order valence-corrected chi connectivity index (χ1v) is 4.36. The van der Waals surface area contributed by atoms with Gasteiger partial charge in [0.1, 0.15) is 0 Å². The molecule has 4 nitrogen and oxygen atoms in total. The van der Waals surface area contributed by atoms with E-state index in [9.17, 15) is 9.18 Å². The van der Waals surface area contributed by atoms with E-state index in [1.807, 2.05) is 4.90 Å². The first-order chi connectivity index (χ1) is 6.24. The Morgan fingerprint density at radius 2 is 2.46 bits per heavy atom. The van der Waals surface area contributed by atoms with Crippen molar-refractivity contribution in [3.8, 4) is 0 Å². The minimum atomic E-state index is -0.940. The second kappa shape index (κ2) is 5.14. The SMILES string of the molecule is O=C(O)C1CN(CCCF)CCO1. The van der Waals surface area contributed by atoms with Crippen LogP contribution in [0.1, 0.15) is 6.42 Å². The number of ether oxygens (including phenoxy) is 1. The Labute approximate surface area is 76.3 Å². The zero-order valence-corrected chi connectivity index (χ0v) is 7.41. The van der Waals surface area contributed by atoms with Gasteiger partial charge in [-0.05, 0) is 6.42 Å². The average Bonchev–Trinajstić information content (AvgIpc) is 2.15. The average molecular weight is 191 g/mol. The number of alkyl halides is 1. The van der Waals surface area contributed by atoms with Crippen molar-refractivity contribution in [1.29, 1.82) is 0 Å². The summed E-state index contributed by atoms with van der Waals surface area (Å²) in [4.78, 5) is 12.5. The summed E-state index contributed by atoms with van der Waals surface area (Å²) in [5, 5.41) is 8.66. The number of carboxylic acid groups (broad SMARTS) is 1. The third-order valence-electron chi connectivity index (χ3n) is 2.03. The molecule has 0 radical (unpaired) electrons. The lowest BCUT2D eigenvalue weighted by atomic mass is 10.2. The largest absolute Gasteiger partial charge is 0.479 e. The second-order valence-corrected chi connectivity index (χ2v) is 3.04. The van der Waals surface area contributed by atoms with E-state index in [0.717, 1.165) is 0 Å². The van der Waals surface area contributed by atoms with Crippen molar-refractivity contribution in [2.24, 2.45) is 0 Å². The van der Waals surface area contributed by atoms with Crippen molar-refractivity contribution in [2.45, 2.75) is 12.5 Å². The first-order valence-electron chi connectivity index (χ1n) is 4.36. The van der Waals surface area contributed by atoms with Crippen LogP contribution in [-0.2, 0) is 9.53 Å². The van der Waals surface area contributed by atoms with E-state index in [-0.39, 0.29) is 6.67 Å². The number of carbonyl (C=O) groups is 1. The molecule has 1 unspecified atom stereocenters. The summed E-state index contributed by atoms with van der Waals surface area (Å²) >= 11 is 0. The van der Waals surface area contributed by atoms with E-state index in [1.165, 1.54) is 0 Å². The molecule has 1 saturated heterocycles. The lowest BCUT2D eigenvalue weighted by Crippen LogP contribution is -2.46. The molecule has 0 aromatic rings. The highest BCUT2D eigenvalue weighted by molar-refractivity contribution is 5.72. The van der Waals surface area contributed by atoms with Crippen LogP contribution < -0.4 is 0 Å². The van der Waals surface area contributed by atoms with Gasteiger partial charge in [0.25, 0.3) is 0 Å². The summed E-state index contributed by atoms with van der Waals surface area (Å²) in [5.74, 6) is -0.940. The van der Waals surface area contributed by atoms with Gasteiger partial charge in [0.2, 0.25) is 0 Å². The van der Waals surface area contributed by atoms with Crippen LogP contribution in [0.5, 0.6) is 0 Å². The van der Waals surface area contributed by atoms with Gasteiger partial charge < -0.3 is 9.84 Å². The molecule has 0 bridgehead atoms. The van der Waals surface area contributed by atoms with E-state index in [0.29, 0.717) is 32.7 Å². The summed E-state index contributed by atoms with van der Waals surface area (Å²) in [6, 6.07) is 0. The summed E-state index contributed by atoms with van der Waals surface area (Å²) in [6.45, 7) is 1.75. The molecule has 1 aliphatic rings. The van der Waals surface area contributed by atoms with Crippen LogP contribution in [0.4, 0.5) is 4.39 Å². The zero-order chi connectivity index (χ0) is 9.68. The molecule has 5 heteroatoms. The molecular weight excluding hydrogens is 177 g/mol. The maximum absolute atomic E-state index is 11.8. The van der Waals surface area contributed by atoms with Crippen LogP contribution in [0.25, 0.3) is 0 Å². The number of hydrogen-bond acceptors (Lipinski definition) is 3. The maximum atomic E-state index is 11.8.